The molecule has 15 nitrogen and oxygen atoms in total. The molecule has 29 heavy (non-hydrogen) atoms. The van der Waals surface area contributed by atoms with E-state index >= 15 is 0 Å². The van der Waals surface area contributed by atoms with Crippen molar-refractivity contribution < 1.29 is 30.4 Å². The third-order valence-corrected chi connectivity index (χ3v) is 2.41. The van der Waals surface area contributed by atoms with Crippen molar-refractivity contribution in [3.8, 4) is 11.4 Å². The quantitative estimate of drug-likeness (QED) is 0.198. The van der Waals surface area contributed by atoms with Crippen molar-refractivity contribution in [1.82, 2.24) is 9.55 Å². The number of aliphatic hydroxyl groups is 1. The third-order valence-electron chi connectivity index (χ3n) is 2.41. The molecule has 0 fully saturated rings. The Balaban J connectivity index is 0. The summed E-state index contributed by atoms with van der Waals surface area (Å²) in [6.45, 7) is 3.86. The molecule has 0 aliphatic heterocycles. The zero-order valence-corrected chi connectivity index (χ0v) is 15.9. The summed E-state index contributed by atoms with van der Waals surface area (Å²) >= 11 is 0. The van der Waals surface area contributed by atoms with E-state index in [9.17, 15) is 0 Å². The zero-order chi connectivity index (χ0) is 23.0. The first-order valence-electron chi connectivity index (χ1n) is 7.54. The predicted octanol–water partition coefficient (Wildman–Crippen LogP) is 0.397. The van der Waals surface area contributed by atoms with Crippen molar-refractivity contribution in [3.05, 3.63) is 56.6 Å². The number of nitrogens with zero attached hydrogens (tertiary/aromatic N) is 5. The Bertz CT molecular complexity index is 770. The van der Waals surface area contributed by atoms with E-state index < -0.39 is 10.2 Å². The first-order valence-corrected chi connectivity index (χ1v) is 7.54. The molecule has 162 valence electrons. The molecule has 0 bridgehead atoms. The second kappa shape index (κ2) is 15.0. The van der Waals surface area contributed by atoms with E-state index in [-0.39, 0.29) is 12.6 Å². The fourth-order valence-corrected chi connectivity index (χ4v) is 1.65. The van der Waals surface area contributed by atoms with E-state index in [0.717, 1.165) is 11.4 Å². The summed E-state index contributed by atoms with van der Waals surface area (Å²) in [4.78, 5) is 24.9. The van der Waals surface area contributed by atoms with Crippen LogP contribution in [0.25, 0.3) is 5.69 Å². The number of aliphatic hydroxyl groups excluding tert-OH is 1. The van der Waals surface area contributed by atoms with Gasteiger partial charge < -0.3 is 36.3 Å². The Morgan fingerprint density at radius 3 is 2.10 bits per heavy atom. The van der Waals surface area contributed by atoms with Crippen LogP contribution in [0.15, 0.2) is 35.7 Å². The molecule has 2 rings (SSSR count). The monoisotopic (exact) mass is 417 g/mol. The third kappa shape index (κ3) is 14.7. The minimum Gasteiger partial charge on any atom is -0.494 e. The topological polar surface area (TPSA) is 238 Å². The number of aryl methyl sites for hydroxylation is 1. The lowest BCUT2D eigenvalue weighted by atomic mass is 10.2. The molecule has 0 saturated heterocycles. The highest BCUT2D eigenvalue weighted by molar-refractivity contribution is 5.79. The van der Waals surface area contributed by atoms with E-state index in [2.05, 4.69) is 9.98 Å². The van der Waals surface area contributed by atoms with Gasteiger partial charge in [-0.25, -0.2) is 9.98 Å². The molecule has 1 aromatic heterocycles. The number of ether oxygens (including phenoxy) is 1. The lowest BCUT2D eigenvalue weighted by molar-refractivity contribution is -0.742. The molecular formula is C14H23N7O8. The summed E-state index contributed by atoms with van der Waals surface area (Å²) in [6.07, 6.45) is 3.64. The van der Waals surface area contributed by atoms with E-state index in [1.807, 2.05) is 29.8 Å². The first kappa shape index (κ1) is 27.1. The van der Waals surface area contributed by atoms with Gasteiger partial charge in [-0.1, -0.05) is 0 Å². The molecule has 7 N–H and O–H groups in total. The summed E-state index contributed by atoms with van der Waals surface area (Å²) in [6, 6.07) is 5.46. The Morgan fingerprint density at radius 2 is 1.76 bits per heavy atom. The average molecular weight is 417 g/mol. The number of hydrogen-bond donors (Lipinski definition) is 5. The van der Waals surface area contributed by atoms with Crippen LogP contribution in [0, 0.1) is 27.2 Å². The van der Waals surface area contributed by atoms with Crippen molar-refractivity contribution in [2.24, 2.45) is 16.5 Å². The smallest absolute Gasteiger partial charge is 0.291 e. The van der Waals surface area contributed by atoms with Gasteiger partial charge in [-0.15, -0.1) is 20.2 Å². The Hall–Kier alpha value is -4.14. The van der Waals surface area contributed by atoms with Crippen LogP contribution in [0.4, 0.5) is 5.69 Å². The van der Waals surface area contributed by atoms with Gasteiger partial charge in [0.2, 0.25) is 0 Å². The second-order valence-corrected chi connectivity index (χ2v) is 4.61. The SMILES string of the molecule is CCO.COc1cc(N=C(N)N)ccc1-n1cnc(C)c1.O=[N+]([O-])O.O=[N+]([O-])O. The predicted molar refractivity (Wildman–Crippen MR) is 101 cm³/mol. The second-order valence-electron chi connectivity index (χ2n) is 4.61. The van der Waals surface area contributed by atoms with E-state index in [0.29, 0.717) is 11.4 Å². The lowest BCUT2D eigenvalue weighted by Crippen LogP contribution is -2.21. The fraction of sp³-hybridized carbons (Fsp3) is 0.286. The minimum atomic E-state index is -1.50. The molecule has 0 amide bonds. The van der Waals surface area contributed by atoms with Crippen LogP contribution in [-0.4, -0.2) is 54.9 Å². The van der Waals surface area contributed by atoms with Crippen molar-refractivity contribution in [2.75, 3.05) is 13.7 Å². The summed E-state index contributed by atoms with van der Waals surface area (Å²) in [5, 5.41) is 34.8. The maximum atomic E-state index is 8.36. The van der Waals surface area contributed by atoms with Crippen molar-refractivity contribution in [2.45, 2.75) is 13.8 Å². The van der Waals surface area contributed by atoms with Gasteiger partial charge in [0.15, 0.2) is 5.96 Å². The maximum Gasteiger partial charge on any atom is 0.291 e. The zero-order valence-electron chi connectivity index (χ0n) is 15.9. The molecule has 0 saturated carbocycles. The summed E-state index contributed by atoms with van der Waals surface area (Å²) in [7, 11) is 1.60. The molecule has 0 unspecified atom stereocenters. The van der Waals surface area contributed by atoms with Crippen LogP contribution in [-0.2, 0) is 0 Å². The van der Waals surface area contributed by atoms with Gasteiger partial charge >= 0.3 is 0 Å². The van der Waals surface area contributed by atoms with Gasteiger partial charge in [0.25, 0.3) is 10.2 Å². The van der Waals surface area contributed by atoms with Crippen LogP contribution in [0.5, 0.6) is 5.75 Å². The van der Waals surface area contributed by atoms with Gasteiger partial charge in [0.1, 0.15) is 5.75 Å². The molecule has 0 aliphatic rings. The van der Waals surface area contributed by atoms with Crippen LogP contribution >= 0.6 is 0 Å². The van der Waals surface area contributed by atoms with Gasteiger partial charge in [-0.2, -0.15) is 0 Å². The van der Waals surface area contributed by atoms with Crippen LogP contribution in [0.2, 0.25) is 0 Å². The molecular weight excluding hydrogens is 394 g/mol. The normalized spacial score (nSPS) is 8.55. The highest BCUT2D eigenvalue weighted by atomic mass is 16.9. The number of guanidine groups is 1. The Kier molecular flexibility index (Phi) is 14.0. The fourth-order valence-electron chi connectivity index (χ4n) is 1.65. The standard InChI is InChI=1S/C12H15N5O.C2H6O.2HNO3/c1-8-6-17(7-15-8)10-4-3-9(16-12(13)14)5-11(10)18-2;1-2-3;2*2-1(3)4/h3-7H,1-2H3,(H4,13,14,16);3H,2H2,1H3;2*(H,2,3,4). The molecule has 1 heterocycles. The van der Waals surface area contributed by atoms with E-state index in [1.165, 1.54) is 0 Å². The molecule has 0 aliphatic carbocycles. The molecule has 0 atom stereocenters. The van der Waals surface area contributed by atoms with Crippen LogP contribution < -0.4 is 16.2 Å². The summed E-state index contributed by atoms with van der Waals surface area (Å²) in [5.74, 6) is 0.693. The number of imidazole rings is 1. The highest BCUT2D eigenvalue weighted by Gasteiger charge is 2.06. The summed E-state index contributed by atoms with van der Waals surface area (Å²) < 4.78 is 7.21. The largest absolute Gasteiger partial charge is 0.494 e. The lowest BCUT2D eigenvalue weighted by Gasteiger charge is -2.09. The summed E-state index contributed by atoms with van der Waals surface area (Å²) in [5.41, 5.74) is 13.1. The molecule has 0 spiro atoms. The Labute approximate surface area is 164 Å². The number of nitrogens with two attached hydrogens (primary N) is 2. The number of benzene rings is 1. The van der Waals surface area contributed by atoms with Gasteiger partial charge in [-0.05, 0) is 26.0 Å². The van der Waals surface area contributed by atoms with Gasteiger partial charge in [0.05, 0.1) is 30.5 Å². The van der Waals surface area contributed by atoms with Gasteiger partial charge in [-0.3, -0.25) is 0 Å². The maximum absolute atomic E-state index is 8.36. The van der Waals surface area contributed by atoms with E-state index in [1.54, 1.807) is 26.4 Å². The number of hydrogen-bond acceptors (Lipinski definition) is 8. The number of rotatable bonds is 3. The van der Waals surface area contributed by atoms with E-state index in [4.69, 9.17) is 52.0 Å². The molecule has 0 radical (unpaired) electrons. The van der Waals surface area contributed by atoms with Crippen molar-refractivity contribution >= 4 is 11.6 Å². The molecule has 15 heteroatoms. The van der Waals surface area contributed by atoms with Crippen molar-refractivity contribution in [3.63, 3.8) is 0 Å². The highest BCUT2D eigenvalue weighted by Crippen LogP contribution is 2.28. The molecule has 1 aromatic carbocycles. The number of aromatic nitrogens is 2. The molecule has 2 aromatic rings. The van der Waals surface area contributed by atoms with Gasteiger partial charge in [0, 0.05) is 18.9 Å². The van der Waals surface area contributed by atoms with Crippen LogP contribution in [0.3, 0.4) is 0 Å². The number of methoxy groups -OCH3 is 1. The first-order chi connectivity index (χ1) is 13.5. The number of aliphatic imine (C=N–C) groups is 1. The minimum absolute atomic E-state index is 0.0169. The Morgan fingerprint density at radius 1 is 1.28 bits per heavy atom. The van der Waals surface area contributed by atoms with Crippen LogP contribution in [0.1, 0.15) is 12.6 Å². The average Bonchev–Trinajstić information content (AvgIpc) is 3.00. The van der Waals surface area contributed by atoms with Crippen molar-refractivity contribution in [1.29, 1.82) is 0 Å².